The van der Waals surface area contributed by atoms with Crippen LogP contribution in [0.15, 0.2) is 18.2 Å². The molecule has 27 heavy (non-hydrogen) atoms. The van der Waals surface area contributed by atoms with Gasteiger partial charge in [0.2, 0.25) is 0 Å². The number of quaternary nitrogens is 1. The Hall–Kier alpha value is -1.30. The SMILES string of the molecule is CCCC[N+](CCO)(CCCC)CCCC.O=C([O-])c1cccc(Cl)c1O. The number of phenols is 1. The zero-order valence-corrected chi connectivity index (χ0v) is 17.8. The van der Waals surface area contributed by atoms with E-state index < -0.39 is 11.7 Å². The number of halogens is 1. The van der Waals surface area contributed by atoms with Crippen LogP contribution >= 0.6 is 11.6 Å². The molecular formula is C21H36ClNO4. The maximum atomic E-state index is 10.2. The van der Waals surface area contributed by atoms with Crippen LogP contribution in [0.3, 0.4) is 0 Å². The first-order valence-electron chi connectivity index (χ1n) is 10.0. The third kappa shape index (κ3) is 9.99. The highest BCUT2D eigenvalue weighted by molar-refractivity contribution is 6.32. The summed E-state index contributed by atoms with van der Waals surface area (Å²) in [7, 11) is 0. The second kappa shape index (κ2) is 14.7. The van der Waals surface area contributed by atoms with Gasteiger partial charge in [0.05, 0.1) is 37.2 Å². The fourth-order valence-electron chi connectivity index (χ4n) is 3.04. The molecule has 1 aromatic carbocycles. The number of unbranched alkanes of at least 4 members (excludes halogenated alkanes) is 3. The van der Waals surface area contributed by atoms with Crippen LogP contribution in [0.1, 0.15) is 69.7 Å². The molecule has 156 valence electrons. The van der Waals surface area contributed by atoms with Gasteiger partial charge >= 0.3 is 0 Å². The average molecular weight is 402 g/mol. The molecule has 0 spiro atoms. The zero-order chi connectivity index (χ0) is 20.7. The number of aromatic carboxylic acids is 1. The number of aliphatic hydroxyl groups is 1. The van der Waals surface area contributed by atoms with E-state index in [9.17, 15) is 15.0 Å². The molecule has 0 bridgehead atoms. The Labute approximate surface area is 169 Å². The van der Waals surface area contributed by atoms with Gasteiger partial charge in [-0.15, -0.1) is 0 Å². The highest BCUT2D eigenvalue weighted by Crippen LogP contribution is 2.25. The minimum absolute atomic E-state index is 0.00620. The van der Waals surface area contributed by atoms with Gasteiger partial charge in [-0.3, -0.25) is 0 Å². The molecule has 0 aliphatic rings. The van der Waals surface area contributed by atoms with Gasteiger partial charge < -0.3 is 24.6 Å². The lowest BCUT2D eigenvalue weighted by atomic mass is 10.1. The van der Waals surface area contributed by atoms with Crippen LogP contribution in [0.2, 0.25) is 5.02 Å². The molecule has 0 aliphatic carbocycles. The number of para-hydroxylation sites is 1. The number of carbonyl (C=O) groups is 1. The van der Waals surface area contributed by atoms with Gasteiger partial charge in [-0.1, -0.05) is 57.7 Å². The molecule has 0 aromatic heterocycles. The first-order valence-corrected chi connectivity index (χ1v) is 10.4. The van der Waals surface area contributed by atoms with E-state index in [1.165, 1.54) is 76.4 Å². The summed E-state index contributed by atoms with van der Waals surface area (Å²) in [4.78, 5) is 10.2. The molecule has 0 radical (unpaired) electrons. The Balaban J connectivity index is 0.000000533. The summed E-state index contributed by atoms with van der Waals surface area (Å²) in [6, 6.07) is 4.03. The number of hydrogen-bond acceptors (Lipinski definition) is 4. The summed E-state index contributed by atoms with van der Waals surface area (Å²) in [6.07, 6.45) is 7.70. The van der Waals surface area contributed by atoms with E-state index in [2.05, 4.69) is 20.8 Å². The van der Waals surface area contributed by atoms with Crippen molar-refractivity contribution >= 4 is 17.6 Å². The summed E-state index contributed by atoms with van der Waals surface area (Å²) >= 11 is 5.42. The molecule has 0 amide bonds. The van der Waals surface area contributed by atoms with Crippen molar-refractivity contribution in [3.05, 3.63) is 28.8 Å². The predicted molar refractivity (Wildman–Crippen MR) is 109 cm³/mol. The average Bonchev–Trinajstić information content (AvgIpc) is 2.65. The van der Waals surface area contributed by atoms with Crippen LogP contribution in [-0.2, 0) is 0 Å². The van der Waals surface area contributed by atoms with Crippen molar-refractivity contribution in [2.75, 3.05) is 32.8 Å². The molecule has 6 heteroatoms. The lowest BCUT2D eigenvalue weighted by Crippen LogP contribution is -2.51. The van der Waals surface area contributed by atoms with Gasteiger partial charge in [0.15, 0.2) is 0 Å². The minimum atomic E-state index is -1.44. The summed E-state index contributed by atoms with van der Waals surface area (Å²) < 4.78 is 1.16. The van der Waals surface area contributed by atoms with E-state index >= 15 is 0 Å². The number of aliphatic hydroxyl groups excluding tert-OH is 1. The van der Waals surface area contributed by atoms with Gasteiger partial charge in [-0.2, -0.15) is 0 Å². The van der Waals surface area contributed by atoms with Crippen LogP contribution in [0.25, 0.3) is 0 Å². The van der Waals surface area contributed by atoms with E-state index in [-0.39, 0.29) is 10.6 Å². The number of aromatic hydroxyl groups is 1. The van der Waals surface area contributed by atoms with Crippen molar-refractivity contribution in [2.45, 2.75) is 59.3 Å². The van der Waals surface area contributed by atoms with Gasteiger partial charge in [0.25, 0.3) is 0 Å². The highest BCUT2D eigenvalue weighted by Gasteiger charge is 2.24. The molecule has 5 nitrogen and oxygen atoms in total. The molecule has 2 N–H and O–H groups in total. The summed E-state index contributed by atoms with van der Waals surface area (Å²) in [5, 5.41) is 28.5. The van der Waals surface area contributed by atoms with Crippen LogP contribution in [0.5, 0.6) is 5.75 Å². The molecule has 0 heterocycles. The van der Waals surface area contributed by atoms with Crippen LogP contribution in [-0.4, -0.2) is 53.5 Å². The van der Waals surface area contributed by atoms with Crippen molar-refractivity contribution in [1.82, 2.24) is 0 Å². The first-order chi connectivity index (χ1) is 12.9. The molecule has 0 aliphatic heterocycles. The number of rotatable bonds is 12. The Bertz CT molecular complexity index is 515. The topological polar surface area (TPSA) is 80.6 Å². The van der Waals surface area contributed by atoms with E-state index in [4.69, 9.17) is 16.7 Å². The molecule has 1 rings (SSSR count). The van der Waals surface area contributed by atoms with Crippen molar-refractivity contribution in [3.63, 3.8) is 0 Å². The Morgan fingerprint density at radius 1 is 1.00 bits per heavy atom. The van der Waals surface area contributed by atoms with E-state index in [1.54, 1.807) is 0 Å². The zero-order valence-electron chi connectivity index (χ0n) is 17.0. The van der Waals surface area contributed by atoms with Crippen LogP contribution in [0.4, 0.5) is 0 Å². The number of carboxylic acids is 1. The molecule has 0 unspecified atom stereocenters. The smallest absolute Gasteiger partial charge is 0.143 e. The predicted octanol–water partition coefficient (Wildman–Crippen LogP) is 3.60. The van der Waals surface area contributed by atoms with Gasteiger partial charge in [0.1, 0.15) is 12.3 Å². The molecule has 0 saturated carbocycles. The summed E-state index contributed by atoms with van der Waals surface area (Å²) in [5.74, 6) is -1.89. The standard InChI is InChI=1S/C14H32NO.C7H5ClO3/c1-4-7-10-15(13-14-16,11-8-5-2)12-9-6-3;8-5-3-1-2-4(6(5)9)7(10)11/h16H,4-14H2,1-3H3;1-3,9H,(H,10,11)/q+1;/p-1. The van der Waals surface area contributed by atoms with Gasteiger partial charge in [-0.05, 0) is 31.4 Å². The van der Waals surface area contributed by atoms with Crippen molar-refractivity contribution in [2.24, 2.45) is 0 Å². The van der Waals surface area contributed by atoms with Crippen molar-refractivity contribution in [1.29, 1.82) is 0 Å². The monoisotopic (exact) mass is 401 g/mol. The van der Waals surface area contributed by atoms with E-state index in [0.717, 1.165) is 11.0 Å². The minimum Gasteiger partial charge on any atom is -0.545 e. The van der Waals surface area contributed by atoms with E-state index in [1.807, 2.05) is 0 Å². The highest BCUT2D eigenvalue weighted by atomic mass is 35.5. The molecule has 0 atom stereocenters. The fraction of sp³-hybridized carbons (Fsp3) is 0.667. The lowest BCUT2D eigenvalue weighted by Gasteiger charge is -2.38. The largest absolute Gasteiger partial charge is 0.545 e. The maximum absolute atomic E-state index is 10.2. The molecular weight excluding hydrogens is 366 g/mol. The lowest BCUT2D eigenvalue weighted by molar-refractivity contribution is -0.929. The second-order valence-electron chi connectivity index (χ2n) is 6.94. The summed E-state index contributed by atoms with van der Waals surface area (Å²) in [5.41, 5.74) is -0.294. The number of nitrogens with zero attached hydrogens (tertiary/aromatic N) is 1. The number of hydrogen-bond donors (Lipinski definition) is 2. The number of benzene rings is 1. The summed E-state index contributed by atoms with van der Waals surface area (Å²) in [6.45, 7) is 11.9. The fourth-order valence-corrected chi connectivity index (χ4v) is 3.22. The molecule has 1 aromatic rings. The number of carboxylic acid groups (broad SMARTS) is 1. The van der Waals surface area contributed by atoms with E-state index in [0.29, 0.717) is 6.61 Å². The van der Waals surface area contributed by atoms with Crippen molar-refractivity contribution < 1.29 is 24.6 Å². The number of carbonyl (C=O) groups excluding carboxylic acids is 1. The Kier molecular flexibility index (Phi) is 14.0. The maximum Gasteiger partial charge on any atom is 0.143 e. The second-order valence-corrected chi connectivity index (χ2v) is 7.35. The normalized spacial score (nSPS) is 11.0. The van der Waals surface area contributed by atoms with Gasteiger partial charge in [-0.25, -0.2) is 0 Å². The van der Waals surface area contributed by atoms with Crippen LogP contribution < -0.4 is 5.11 Å². The molecule has 0 saturated heterocycles. The quantitative estimate of drug-likeness (QED) is 0.524. The van der Waals surface area contributed by atoms with Gasteiger partial charge in [0, 0.05) is 5.56 Å². The Morgan fingerprint density at radius 3 is 1.81 bits per heavy atom. The third-order valence-corrected chi connectivity index (χ3v) is 5.04. The third-order valence-electron chi connectivity index (χ3n) is 4.74. The van der Waals surface area contributed by atoms with Crippen LogP contribution in [0, 0.1) is 0 Å². The molecule has 0 fully saturated rings. The Morgan fingerprint density at radius 2 is 1.48 bits per heavy atom. The first kappa shape index (κ1) is 25.7. The van der Waals surface area contributed by atoms with Crippen molar-refractivity contribution in [3.8, 4) is 5.75 Å².